The van der Waals surface area contributed by atoms with Gasteiger partial charge in [0.2, 0.25) is 5.89 Å². The van der Waals surface area contributed by atoms with Crippen molar-refractivity contribution in [2.24, 2.45) is 5.73 Å². The van der Waals surface area contributed by atoms with Crippen molar-refractivity contribution in [2.45, 2.75) is 31.6 Å². The quantitative estimate of drug-likeness (QED) is 0.763. The fourth-order valence-electron chi connectivity index (χ4n) is 2.48. The summed E-state index contributed by atoms with van der Waals surface area (Å²) in [5.74, 6) is 2.27. The molecule has 7 heteroatoms. The highest BCUT2D eigenvalue weighted by atomic mass is 16.5. The second-order valence-electron chi connectivity index (χ2n) is 5.85. The standard InChI is InChI=1S/C17H22N4O3/c18-8-10-23-14-6-2-5-13(11-14)16(22)19-9-7-15-20-17(24-21-15)12-3-1-4-12/h2,5-6,11-12H,1,3-4,7-10,18H2,(H,19,22). The van der Waals surface area contributed by atoms with E-state index >= 15 is 0 Å². The maximum Gasteiger partial charge on any atom is 0.251 e. The summed E-state index contributed by atoms with van der Waals surface area (Å²) >= 11 is 0. The van der Waals surface area contributed by atoms with E-state index in [2.05, 4.69) is 15.5 Å². The normalized spacial score (nSPS) is 14.2. The average Bonchev–Trinajstić information content (AvgIpc) is 2.99. The molecule has 1 aromatic heterocycles. The van der Waals surface area contributed by atoms with Gasteiger partial charge < -0.3 is 20.3 Å². The van der Waals surface area contributed by atoms with E-state index in [-0.39, 0.29) is 5.91 Å². The van der Waals surface area contributed by atoms with E-state index in [0.29, 0.717) is 49.2 Å². The number of ether oxygens (including phenoxy) is 1. The van der Waals surface area contributed by atoms with Crippen molar-refractivity contribution in [3.63, 3.8) is 0 Å². The van der Waals surface area contributed by atoms with Crippen molar-refractivity contribution in [3.8, 4) is 5.75 Å². The van der Waals surface area contributed by atoms with Gasteiger partial charge in [0.25, 0.3) is 5.91 Å². The SMILES string of the molecule is NCCOc1cccc(C(=O)NCCc2noc(C3CCC3)n2)c1. The van der Waals surface area contributed by atoms with Gasteiger partial charge >= 0.3 is 0 Å². The molecular formula is C17H22N4O3. The monoisotopic (exact) mass is 330 g/mol. The maximum absolute atomic E-state index is 12.2. The Morgan fingerprint density at radius 2 is 2.29 bits per heavy atom. The minimum atomic E-state index is -0.157. The van der Waals surface area contributed by atoms with Crippen LogP contribution in [0.3, 0.4) is 0 Å². The van der Waals surface area contributed by atoms with Crippen molar-refractivity contribution in [2.75, 3.05) is 19.7 Å². The first-order valence-electron chi connectivity index (χ1n) is 8.30. The largest absolute Gasteiger partial charge is 0.492 e. The molecule has 0 radical (unpaired) electrons. The second kappa shape index (κ2) is 7.92. The molecule has 0 spiro atoms. The predicted octanol–water partition coefficient (Wildman–Crippen LogP) is 1.65. The van der Waals surface area contributed by atoms with Gasteiger partial charge in [-0.15, -0.1) is 0 Å². The van der Waals surface area contributed by atoms with E-state index in [1.165, 1.54) is 6.42 Å². The molecule has 0 saturated heterocycles. The van der Waals surface area contributed by atoms with Gasteiger partial charge in [0, 0.05) is 31.0 Å². The van der Waals surface area contributed by atoms with Crippen molar-refractivity contribution >= 4 is 5.91 Å². The molecule has 0 unspecified atom stereocenters. The summed E-state index contributed by atoms with van der Waals surface area (Å²) in [6.45, 7) is 1.31. The number of nitrogens with one attached hydrogen (secondary N) is 1. The van der Waals surface area contributed by atoms with Crippen LogP contribution in [0.2, 0.25) is 0 Å². The average molecular weight is 330 g/mol. The smallest absolute Gasteiger partial charge is 0.251 e. The molecule has 0 aliphatic heterocycles. The minimum absolute atomic E-state index is 0.157. The van der Waals surface area contributed by atoms with Crippen molar-refractivity contribution in [3.05, 3.63) is 41.5 Å². The molecule has 3 rings (SSSR count). The van der Waals surface area contributed by atoms with Crippen molar-refractivity contribution < 1.29 is 14.1 Å². The topological polar surface area (TPSA) is 103 Å². The third-order valence-corrected chi connectivity index (χ3v) is 4.06. The molecule has 1 aromatic carbocycles. The zero-order valence-corrected chi connectivity index (χ0v) is 13.5. The first kappa shape index (κ1) is 16.4. The molecular weight excluding hydrogens is 308 g/mol. The summed E-state index contributed by atoms with van der Waals surface area (Å²) in [6, 6.07) is 7.03. The molecule has 1 amide bonds. The molecule has 3 N–H and O–H groups in total. The van der Waals surface area contributed by atoms with Crippen LogP contribution in [-0.4, -0.2) is 35.7 Å². The number of nitrogens with zero attached hydrogens (tertiary/aromatic N) is 2. The van der Waals surface area contributed by atoms with E-state index in [0.717, 1.165) is 18.7 Å². The van der Waals surface area contributed by atoms with Crippen LogP contribution in [0.15, 0.2) is 28.8 Å². The number of carbonyl (C=O) groups is 1. The van der Waals surface area contributed by atoms with Crippen LogP contribution in [0.5, 0.6) is 5.75 Å². The van der Waals surface area contributed by atoms with E-state index in [1.807, 2.05) is 0 Å². The number of benzene rings is 1. The molecule has 128 valence electrons. The molecule has 0 atom stereocenters. The first-order chi connectivity index (χ1) is 11.8. The number of rotatable bonds is 8. The Bertz CT molecular complexity index is 682. The summed E-state index contributed by atoms with van der Waals surface area (Å²) in [5, 5.41) is 6.82. The Morgan fingerprint density at radius 1 is 1.42 bits per heavy atom. The molecule has 1 aliphatic carbocycles. The van der Waals surface area contributed by atoms with Crippen LogP contribution in [0.1, 0.15) is 47.3 Å². The van der Waals surface area contributed by atoms with Crippen LogP contribution >= 0.6 is 0 Å². The van der Waals surface area contributed by atoms with Gasteiger partial charge in [-0.1, -0.05) is 17.6 Å². The minimum Gasteiger partial charge on any atom is -0.492 e. The highest BCUT2D eigenvalue weighted by Gasteiger charge is 2.25. The van der Waals surface area contributed by atoms with Gasteiger partial charge in [-0.2, -0.15) is 4.98 Å². The van der Waals surface area contributed by atoms with Gasteiger partial charge in [0.15, 0.2) is 5.82 Å². The lowest BCUT2D eigenvalue weighted by Crippen LogP contribution is -2.26. The van der Waals surface area contributed by atoms with E-state index < -0.39 is 0 Å². The lowest BCUT2D eigenvalue weighted by atomic mass is 9.85. The lowest BCUT2D eigenvalue weighted by molar-refractivity contribution is 0.0953. The molecule has 1 saturated carbocycles. The Hall–Kier alpha value is -2.41. The Balaban J connectivity index is 1.47. The number of amides is 1. The summed E-state index contributed by atoms with van der Waals surface area (Å²) in [4.78, 5) is 16.6. The van der Waals surface area contributed by atoms with E-state index in [9.17, 15) is 4.79 Å². The number of hydrogen-bond donors (Lipinski definition) is 2. The predicted molar refractivity (Wildman–Crippen MR) is 87.9 cm³/mol. The highest BCUT2D eigenvalue weighted by Crippen LogP contribution is 2.35. The molecule has 1 fully saturated rings. The van der Waals surface area contributed by atoms with Gasteiger partial charge in [-0.3, -0.25) is 4.79 Å². The molecule has 7 nitrogen and oxygen atoms in total. The summed E-state index contributed by atoms with van der Waals surface area (Å²) in [5.41, 5.74) is 5.95. The third kappa shape index (κ3) is 4.11. The number of nitrogens with two attached hydrogens (primary N) is 1. The Kier molecular flexibility index (Phi) is 5.43. The van der Waals surface area contributed by atoms with E-state index in [4.69, 9.17) is 15.0 Å². The zero-order chi connectivity index (χ0) is 16.8. The number of carbonyl (C=O) groups excluding carboxylic acids is 1. The molecule has 2 aromatic rings. The van der Waals surface area contributed by atoms with Crippen LogP contribution < -0.4 is 15.8 Å². The van der Waals surface area contributed by atoms with Crippen LogP contribution in [0.4, 0.5) is 0 Å². The first-order valence-corrected chi connectivity index (χ1v) is 8.30. The van der Waals surface area contributed by atoms with Crippen molar-refractivity contribution in [1.82, 2.24) is 15.5 Å². The fourth-order valence-corrected chi connectivity index (χ4v) is 2.48. The fraction of sp³-hybridized carbons (Fsp3) is 0.471. The van der Waals surface area contributed by atoms with Crippen LogP contribution in [0, 0.1) is 0 Å². The molecule has 0 bridgehead atoms. The van der Waals surface area contributed by atoms with Crippen molar-refractivity contribution in [1.29, 1.82) is 0 Å². The molecule has 24 heavy (non-hydrogen) atoms. The van der Waals surface area contributed by atoms with Crippen LogP contribution in [0.25, 0.3) is 0 Å². The molecule has 1 heterocycles. The third-order valence-electron chi connectivity index (χ3n) is 4.06. The summed E-state index contributed by atoms with van der Waals surface area (Å²) < 4.78 is 10.7. The highest BCUT2D eigenvalue weighted by molar-refractivity contribution is 5.94. The van der Waals surface area contributed by atoms with E-state index in [1.54, 1.807) is 24.3 Å². The maximum atomic E-state index is 12.2. The molecule has 1 aliphatic rings. The zero-order valence-electron chi connectivity index (χ0n) is 13.5. The van der Waals surface area contributed by atoms with Crippen LogP contribution in [-0.2, 0) is 6.42 Å². The lowest BCUT2D eigenvalue weighted by Gasteiger charge is -2.20. The Morgan fingerprint density at radius 3 is 3.04 bits per heavy atom. The van der Waals surface area contributed by atoms with Gasteiger partial charge in [0.05, 0.1) is 0 Å². The van der Waals surface area contributed by atoms with Gasteiger partial charge in [-0.05, 0) is 31.0 Å². The van der Waals surface area contributed by atoms with Gasteiger partial charge in [0.1, 0.15) is 12.4 Å². The summed E-state index contributed by atoms with van der Waals surface area (Å²) in [6.07, 6.45) is 4.03. The second-order valence-corrected chi connectivity index (χ2v) is 5.85. The summed E-state index contributed by atoms with van der Waals surface area (Å²) in [7, 11) is 0. The number of hydrogen-bond acceptors (Lipinski definition) is 6. The van der Waals surface area contributed by atoms with Gasteiger partial charge in [-0.25, -0.2) is 0 Å². The number of aromatic nitrogens is 2. The Labute approximate surface area is 140 Å².